The summed E-state index contributed by atoms with van der Waals surface area (Å²) < 4.78 is 5.65. The zero-order valence-electron chi connectivity index (χ0n) is 13.6. The number of unbranched alkanes of at least 4 members (excludes halogenated alkanes) is 3. The number of ether oxygens (including phenoxy) is 1. The summed E-state index contributed by atoms with van der Waals surface area (Å²) in [5.74, 6) is -0.0407. The number of nitrogens with zero attached hydrogens (tertiary/aromatic N) is 1. The summed E-state index contributed by atoms with van der Waals surface area (Å²) in [6, 6.07) is 7.62. The summed E-state index contributed by atoms with van der Waals surface area (Å²) in [5.41, 5.74) is 1.66. The predicted octanol–water partition coefficient (Wildman–Crippen LogP) is 4.86. The Hall–Kier alpha value is -1.84. The first-order valence-electron chi connectivity index (χ1n) is 8.40. The molecule has 0 radical (unpaired) electrons. The molecule has 0 saturated heterocycles. The molecule has 0 saturated carbocycles. The molecule has 4 heteroatoms. The zero-order chi connectivity index (χ0) is 15.8. The molecule has 1 unspecified atom stereocenters. The molecule has 0 aliphatic carbocycles. The van der Waals surface area contributed by atoms with Crippen molar-refractivity contribution in [3.05, 3.63) is 30.1 Å². The van der Waals surface area contributed by atoms with Crippen molar-refractivity contribution in [1.29, 1.82) is 0 Å². The molecule has 0 spiro atoms. The Kier molecular flexibility index (Phi) is 6.44. The molecule has 22 heavy (non-hydrogen) atoms. The topological polar surface area (TPSA) is 55.0 Å². The highest BCUT2D eigenvalue weighted by Gasteiger charge is 2.18. The van der Waals surface area contributed by atoms with Crippen molar-refractivity contribution in [1.82, 2.24) is 9.97 Å². The Balaban J connectivity index is 1.94. The first-order chi connectivity index (χ1) is 10.7. The Labute approximate surface area is 132 Å². The van der Waals surface area contributed by atoms with E-state index in [-0.39, 0.29) is 12.1 Å². The monoisotopic (exact) mass is 302 g/mol. The number of esters is 1. The van der Waals surface area contributed by atoms with Crippen LogP contribution in [0.3, 0.4) is 0 Å². The number of rotatable bonds is 9. The molecule has 1 heterocycles. The lowest BCUT2D eigenvalue weighted by atomic mass is 10.1. The number of para-hydroxylation sites is 2. The number of fused-ring (bicyclic) bond motifs is 1. The molecule has 1 atom stereocenters. The van der Waals surface area contributed by atoms with Gasteiger partial charge in [-0.2, -0.15) is 0 Å². The molecule has 1 N–H and O–H groups in total. The first kappa shape index (κ1) is 16.5. The van der Waals surface area contributed by atoms with Gasteiger partial charge in [0.15, 0.2) is 0 Å². The fraction of sp³-hybridized carbons (Fsp3) is 0.556. The van der Waals surface area contributed by atoms with Crippen LogP contribution in [0.1, 0.15) is 69.4 Å². The van der Waals surface area contributed by atoms with Gasteiger partial charge in [0.1, 0.15) is 6.10 Å². The van der Waals surface area contributed by atoms with Crippen LogP contribution < -0.4 is 0 Å². The third-order valence-corrected chi connectivity index (χ3v) is 3.85. The number of aromatic nitrogens is 2. The number of imidazole rings is 1. The van der Waals surface area contributed by atoms with Gasteiger partial charge in [0.05, 0.1) is 11.0 Å². The maximum absolute atomic E-state index is 12.3. The summed E-state index contributed by atoms with van der Waals surface area (Å²) in [4.78, 5) is 19.6. The van der Waals surface area contributed by atoms with E-state index in [1.165, 1.54) is 19.3 Å². The Morgan fingerprint density at radius 3 is 2.68 bits per heavy atom. The van der Waals surface area contributed by atoms with Crippen LogP contribution in [-0.2, 0) is 4.74 Å². The van der Waals surface area contributed by atoms with Crippen LogP contribution in [0.25, 0.3) is 11.0 Å². The SMILES string of the molecule is CCCCCCC(CCC)OC(=O)c1nc2ccccc2[nH]1. The second-order valence-corrected chi connectivity index (χ2v) is 5.77. The van der Waals surface area contributed by atoms with Crippen LogP contribution in [0.2, 0.25) is 0 Å². The third kappa shape index (κ3) is 4.58. The van der Waals surface area contributed by atoms with Crippen molar-refractivity contribution >= 4 is 17.0 Å². The normalized spacial score (nSPS) is 12.5. The van der Waals surface area contributed by atoms with Crippen molar-refractivity contribution in [2.24, 2.45) is 0 Å². The molecule has 4 nitrogen and oxygen atoms in total. The number of nitrogens with one attached hydrogen (secondary N) is 1. The Bertz CT molecular complexity index is 559. The summed E-state index contributed by atoms with van der Waals surface area (Å²) in [6.07, 6.45) is 7.67. The molecule has 0 fully saturated rings. The molecule has 0 amide bonds. The van der Waals surface area contributed by atoms with Crippen molar-refractivity contribution in [2.75, 3.05) is 0 Å². The predicted molar refractivity (Wildman–Crippen MR) is 89.0 cm³/mol. The maximum Gasteiger partial charge on any atom is 0.374 e. The number of hydrogen-bond acceptors (Lipinski definition) is 3. The van der Waals surface area contributed by atoms with Gasteiger partial charge in [-0.25, -0.2) is 9.78 Å². The molecule has 2 aromatic rings. The van der Waals surface area contributed by atoms with Gasteiger partial charge in [0.2, 0.25) is 5.82 Å². The highest BCUT2D eigenvalue weighted by Crippen LogP contribution is 2.16. The molecule has 0 bridgehead atoms. The van der Waals surface area contributed by atoms with E-state index in [2.05, 4.69) is 23.8 Å². The van der Waals surface area contributed by atoms with E-state index in [1.807, 2.05) is 24.3 Å². The average molecular weight is 302 g/mol. The number of carbonyl (C=O) groups is 1. The molecule has 1 aromatic heterocycles. The smallest absolute Gasteiger partial charge is 0.374 e. The minimum Gasteiger partial charge on any atom is -0.457 e. The van der Waals surface area contributed by atoms with E-state index in [9.17, 15) is 4.79 Å². The minimum absolute atomic E-state index is 0.00238. The van der Waals surface area contributed by atoms with Crippen LogP contribution >= 0.6 is 0 Å². The summed E-state index contributed by atoms with van der Waals surface area (Å²) >= 11 is 0. The van der Waals surface area contributed by atoms with Gasteiger partial charge in [-0.05, 0) is 31.4 Å². The Morgan fingerprint density at radius 2 is 1.95 bits per heavy atom. The molecule has 2 rings (SSSR count). The first-order valence-corrected chi connectivity index (χ1v) is 8.40. The summed E-state index contributed by atoms with van der Waals surface area (Å²) in [5, 5.41) is 0. The van der Waals surface area contributed by atoms with Crippen LogP contribution in [0.15, 0.2) is 24.3 Å². The standard InChI is InChI=1S/C18H26N2O2/c1-3-5-6-7-11-14(10-4-2)22-18(21)17-19-15-12-8-9-13-16(15)20-17/h8-9,12-14H,3-7,10-11H2,1-2H3,(H,19,20). The van der Waals surface area contributed by atoms with Gasteiger partial charge in [0.25, 0.3) is 0 Å². The fourth-order valence-electron chi connectivity index (χ4n) is 2.64. The summed E-state index contributed by atoms with van der Waals surface area (Å²) in [6.45, 7) is 4.32. The number of aromatic amines is 1. The highest BCUT2D eigenvalue weighted by molar-refractivity contribution is 5.90. The molecule has 1 aromatic carbocycles. The molecular weight excluding hydrogens is 276 g/mol. The van der Waals surface area contributed by atoms with Crippen LogP contribution in [-0.4, -0.2) is 22.0 Å². The summed E-state index contributed by atoms with van der Waals surface area (Å²) in [7, 11) is 0. The van der Waals surface area contributed by atoms with E-state index >= 15 is 0 Å². The van der Waals surface area contributed by atoms with E-state index in [0.29, 0.717) is 5.82 Å². The molecule has 0 aliphatic heterocycles. The van der Waals surface area contributed by atoms with E-state index in [0.717, 1.165) is 36.7 Å². The minimum atomic E-state index is -0.342. The highest BCUT2D eigenvalue weighted by atomic mass is 16.5. The van der Waals surface area contributed by atoms with Crippen LogP contribution in [0.4, 0.5) is 0 Å². The van der Waals surface area contributed by atoms with E-state index in [4.69, 9.17) is 4.74 Å². The second kappa shape index (κ2) is 8.57. The van der Waals surface area contributed by atoms with Crippen LogP contribution in [0, 0.1) is 0 Å². The number of hydrogen-bond donors (Lipinski definition) is 1. The van der Waals surface area contributed by atoms with Crippen molar-refractivity contribution in [3.8, 4) is 0 Å². The van der Waals surface area contributed by atoms with E-state index in [1.54, 1.807) is 0 Å². The largest absolute Gasteiger partial charge is 0.457 e. The van der Waals surface area contributed by atoms with Gasteiger partial charge in [-0.15, -0.1) is 0 Å². The third-order valence-electron chi connectivity index (χ3n) is 3.85. The molecule has 0 aliphatic rings. The fourth-order valence-corrected chi connectivity index (χ4v) is 2.64. The van der Waals surface area contributed by atoms with Gasteiger partial charge >= 0.3 is 5.97 Å². The van der Waals surface area contributed by atoms with Gasteiger partial charge in [0, 0.05) is 0 Å². The van der Waals surface area contributed by atoms with Crippen molar-refractivity contribution in [2.45, 2.75) is 64.9 Å². The maximum atomic E-state index is 12.3. The van der Waals surface area contributed by atoms with Gasteiger partial charge < -0.3 is 9.72 Å². The second-order valence-electron chi connectivity index (χ2n) is 5.77. The molecule has 120 valence electrons. The van der Waals surface area contributed by atoms with Crippen molar-refractivity contribution < 1.29 is 9.53 Å². The number of benzene rings is 1. The number of carbonyl (C=O) groups excluding carboxylic acids is 1. The van der Waals surface area contributed by atoms with Crippen molar-refractivity contribution in [3.63, 3.8) is 0 Å². The number of H-pyrrole nitrogens is 1. The zero-order valence-corrected chi connectivity index (χ0v) is 13.6. The lowest BCUT2D eigenvalue weighted by Crippen LogP contribution is -2.19. The Morgan fingerprint density at radius 1 is 1.14 bits per heavy atom. The van der Waals surface area contributed by atoms with E-state index < -0.39 is 0 Å². The van der Waals surface area contributed by atoms with Gasteiger partial charge in [-0.3, -0.25) is 0 Å². The quantitative estimate of drug-likeness (QED) is 0.531. The average Bonchev–Trinajstić information content (AvgIpc) is 2.96. The van der Waals surface area contributed by atoms with Crippen LogP contribution in [0.5, 0.6) is 0 Å². The van der Waals surface area contributed by atoms with Gasteiger partial charge in [-0.1, -0.05) is 51.7 Å². The molecular formula is C18H26N2O2. The lowest BCUT2D eigenvalue weighted by molar-refractivity contribution is 0.0241. The lowest BCUT2D eigenvalue weighted by Gasteiger charge is -2.16.